The Labute approximate surface area is 207 Å². The smallest absolute Gasteiger partial charge is 0.313 e. The van der Waals surface area contributed by atoms with Gasteiger partial charge in [-0.25, -0.2) is 4.98 Å². The maximum atomic E-state index is 13.4. The molecule has 5 rings (SSSR count). The van der Waals surface area contributed by atoms with Gasteiger partial charge < -0.3 is 15.1 Å². The molecule has 1 aliphatic heterocycles. The zero-order valence-electron chi connectivity index (χ0n) is 20.1. The van der Waals surface area contributed by atoms with E-state index in [0.717, 1.165) is 46.6 Å². The highest BCUT2D eigenvalue weighted by molar-refractivity contribution is 7.18. The Morgan fingerprint density at radius 3 is 2.91 bits per heavy atom. The molecular weight excluding hydrogens is 462 g/mol. The number of thiazole rings is 1. The molecule has 35 heavy (non-hydrogen) atoms. The molecule has 4 heterocycles. The quantitative estimate of drug-likeness (QED) is 0.413. The molecule has 3 aromatic heterocycles. The van der Waals surface area contributed by atoms with Crippen molar-refractivity contribution in [2.45, 2.75) is 32.2 Å². The molecule has 2 atom stereocenters. The molecule has 0 saturated carbocycles. The molecule has 1 aliphatic rings. The number of fused-ring (bicyclic) bond motifs is 2. The number of carbonyl (C=O) groups is 2. The number of likely N-dealkylation sites (N-methyl/N-ethyl adjacent to an activating group) is 1. The number of aromatic nitrogens is 4. The first-order valence-corrected chi connectivity index (χ1v) is 12.6. The first-order chi connectivity index (χ1) is 16.9. The molecule has 0 aliphatic carbocycles. The second kappa shape index (κ2) is 9.71. The molecule has 2 amide bonds. The van der Waals surface area contributed by atoms with Gasteiger partial charge in [0.25, 0.3) is 0 Å². The van der Waals surface area contributed by atoms with Crippen LogP contribution in [0.25, 0.3) is 21.1 Å². The Hall–Kier alpha value is -3.37. The normalized spacial score (nSPS) is 18.5. The summed E-state index contributed by atoms with van der Waals surface area (Å²) in [6, 6.07) is 6.09. The fourth-order valence-electron chi connectivity index (χ4n) is 4.62. The molecule has 1 saturated heterocycles. The van der Waals surface area contributed by atoms with Gasteiger partial charge in [0.2, 0.25) is 0 Å². The third kappa shape index (κ3) is 4.89. The lowest BCUT2D eigenvalue weighted by molar-refractivity contribution is -0.146. The number of likely N-dealkylation sites (tertiary alicyclic amines) is 1. The topological polar surface area (TPSA) is 107 Å². The second-order valence-electron chi connectivity index (χ2n) is 9.52. The largest absolute Gasteiger partial charge is 0.327 e. The van der Waals surface area contributed by atoms with Crippen molar-refractivity contribution in [1.29, 1.82) is 0 Å². The minimum absolute atomic E-state index is 0.163. The van der Waals surface area contributed by atoms with Gasteiger partial charge in [0, 0.05) is 24.9 Å². The monoisotopic (exact) mass is 491 g/mol. The van der Waals surface area contributed by atoms with Crippen molar-refractivity contribution in [2.24, 2.45) is 5.92 Å². The Kier molecular flexibility index (Phi) is 6.48. The summed E-state index contributed by atoms with van der Waals surface area (Å²) in [4.78, 5) is 39.2. The van der Waals surface area contributed by atoms with Crippen LogP contribution in [0.1, 0.15) is 36.4 Å². The Morgan fingerprint density at radius 2 is 2.09 bits per heavy atom. The summed E-state index contributed by atoms with van der Waals surface area (Å²) in [5.41, 5.74) is 3.13. The van der Waals surface area contributed by atoms with E-state index in [4.69, 9.17) is 4.98 Å². The van der Waals surface area contributed by atoms with Gasteiger partial charge in [-0.15, -0.1) is 11.3 Å². The van der Waals surface area contributed by atoms with Crippen LogP contribution in [0.15, 0.2) is 36.8 Å². The van der Waals surface area contributed by atoms with E-state index in [2.05, 4.69) is 64.6 Å². The molecule has 0 spiro atoms. The standard InChI is InChI=1S/C25H29N7O2S/c1-15-4-6-21(16-5-7-22-18(10-16)28-23(35-22)8-9-31(2)3)32(14-15)25(34)24(33)29-19-12-26-13-20-17(19)11-27-30-20/h5,7,10-13,15,21H,4,6,8-9,14H2,1-3H3,(H,27,30)(H,29,33)/t15-,21?/m1/s1. The summed E-state index contributed by atoms with van der Waals surface area (Å²) in [5, 5.41) is 11.4. The van der Waals surface area contributed by atoms with Crippen LogP contribution in [0.2, 0.25) is 0 Å². The van der Waals surface area contributed by atoms with Gasteiger partial charge in [-0.3, -0.25) is 19.7 Å². The highest BCUT2D eigenvalue weighted by Crippen LogP contribution is 2.36. The highest BCUT2D eigenvalue weighted by Gasteiger charge is 2.34. The highest BCUT2D eigenvalue weighted by atomic mass is 32.1. The number of piperidine rings is 1. The maximum absolute atomic E-state index is 13.4. The molecule has 4 aromatic rings. The number of H-pyrrole nitrogens is 1. The predicted octanol–water partition coefficient (Wildman–Crippen LogP) is 3.61. The SMILES string of the molecule is C[C@@H]1CCC(c2ccc3sc(CCN(C)C)nc3c2)N(C(=O)C(=O)Nc2cncc3[nH]ncc23)C1. The maximum Gasteiger partial charge on any atom is 0.313 e. The van der Waals surface area contributed by atoms with E-state index in [-0.39, 0.29) is 6.04 Å². The number of nitrogens with one attached hydrogen (secondary N) is 2. The molecule has 1 aromatic carbocycles. The summed E-state index contributed by atoms with van der Waals surface area (Å²) in [6.45, 7) is 3.60. The van der Waals surface area contributed by atoms with E-state index < -0.39 is 11.8 Å². The van der Waals surface area contributed by atoms with E-state index in [0.29, 0.717) is 29.1 Å². The average molecular weight is 492 g/mol. The van der Waals surface area contributed by atoms with Gasteiger partial charge >= 0.3 is 11.8 Å². The lowest BCUT2D eigenvalue weighted by atomic mass is 9.89. The molecule has 2 N–H and O–H groups in total. The van der Waals surface area contributed by atoms with Crippen LogP contribution >= 0.6 is 11.3 Å². The minimum Gasteiger partial charge on any atom is -0.327 e. The van der Waals surface area contributed by atoms with E-state index >= 15 is 0 Å². The number of rotatable bonds is 5. The Balaban J connectivity index is 1.38. The molecular formula is C25H29N7O2S. The van der Waals surface area contributed by atoms with Crippen LogP contribution in [0.5, 0.6) is 0 Å². The van der Waals surface area contributed by atoms with Gasteiger partial charge in [0.05, 0.1) is 51.1 Å². The molecule has 0 bridgehead atoms. The second-order valence-corrected chi connectivity index (χ2v) is 10.6. The van der Waals surface area contributed by atoms with E-state index in [1.165, 1.54) is 6.20 Å². The number of benzene rings is 1. The van der Waals surface area contributed by atoms with Crippen LogP contribution in [0, 0.1) is 5.92 Å². The fourth-order valence-corrected chi connectivity index (χ4v) is 5.56. The average Bonchev–Trinajstić information content (AvgIpc) is 3.49. The van der Waals surface area contributed by atoms with E-state index in [1.807, 2.05) is 0 Å². The number of anilines is 1. The number of amides is 2. The van der Waals surface area contributed by atoms with Crippen LogP contribution in [0.4, 0.5) is 5.69 Å². The predicted molar refractivity (Wildman–Crippen MR) is 137 cm³/mol. The fraction of sp³-hybridized carbons (Fsp3) is 0.400. The lowest BCUT2D eigenvalue weighted by Gasteiger charge is -2.38. The zero-order chi connectivity index (χ0) is 24.5. The van der Waals surface area contributed by atoms with Crippen molar-refractivity contribution in [3.05, 3.63) is 47.4 Å². The van der Waals surface area contributed by atoms with Crippen LogP contribution in [-0.2, 0) is 16.0 Å². The van der Waals surface area contributed by atoms with Crippen LogP contribution < -0.4 is 5.32 Å². The zero-order valence-corrected chi connectivity index (χ0v) is 20.9. The van der Waals surface area contributed by atoms with Crippen molar-refractivity contribution in [2.75, 3.05) is 32.5 Å². The number of hydrogen-bond acceptors (Lipinski definition) is 7. The molecule has 1 unspecified atom stereocenters. The summed E-state index contributed by atoms with van der Waals surface area (Å²) >= 11 is 1.71. The van der Waals surface area contributed by atoms with Crippen molar-refractivity contribution in [3.63, 3.8) is 0 Å². The molecule has 0 radical (unpaired) electrons. The first kappa shape index (κ1) is 23.4. The number of hydrogen-bond donors (Lipinski definition) is 2. The minimum atomic E-state index is -0.666. The summed E-state index contributed by atoms with van der Waals surface area (Å²) in [6.07, 6.45) is 7.48. The van der Waals surface area contributed by atoms with Crippen LogP contribution in [0.3, 0.4) is 0 Å². The number of carbonyl (C=O) groups excluding carboxylic acids is 2. The van der Waals surface area contributed by atoms with Gasteiger partial charge in [-0.1, -0.05) is 13.0 Å². The Morgan fingerprint density at radius 1 is 1.23 bits per heavy atom. The summed E-state index contributed by atoms with van der Waals surface area (Å²) in [5.74, 6) is -0.880. The number of pyridine rings is 1. The molecule has 182 valence electrons. The van der Waals surface area contributed by atoms with Gasteiger partial charge in [-0.05, 0) is 50.6 Å². The number of nitrogens with zero attached hydrogens (tertiary/aromatic N) is 5. The third-order valence-corrected chi connectivity index (χ3v) is 7.60. The van der Waals surface area contributed by atoms with Gasteiger partial charge in [0.1, 0.15) is 0 Å². The lowest BCUT2D eigenvalue weighted by Crippen LogP contribution is -2.46. The van der Waals surface area contributed by atoms with Crippen molar-refractivity contribution >= 4 is 50.0 Å². The van der Waals surface area contributed by atoms with E-state index in [9.17, 15) is 9.59 Å². The summed E-state index contributed by atoms with van der Waals surface area (Å²) < 4.78 is 1.14. The van der Waals surface area contributed by atoms with Gasteiger partial charge in [-0.2, -0.15) is 5.10 Å². The first-order valence-electron chi connectivity index (χ1n) is 11.8. The van der Waals surface area contributed by atoms with Gasteiger partial charge in [0.15, 0.2) is 0 Å². The number of aromatic amines is 1. The molecule has 1 fully saturated rings. The molecule has 9 nitrogen and oxygen atoms in total. The Bertz CT molecular complexity index is 1380. The molecule has 10 heteroatoms. The van der Waals surface area contributed by atoms with Crippen molar-refractivity contribution < 1.29 is 9.59 Å². The van der Waals surface area contributed by atoms with Crippen molar-refractivity contribution in [3.8, 4) is 0 Å². The van der Waals surface area contributed by atoms with E-state index in [1.54, 1.807) is 28.6 Å². The summed E-state index contributed by atoms with van der Waals surface area (Å²) in [7, 11) is 4.12. The van der Waals surface area contributed by atoms with Crippen LogP contribution in [-0.4, -0.2) is 69.0 Å². The third-order valence-electron chi connectivity index (χ3n) is 6.50. The van der Waals surface area contributed by atoms with Crippen molar-refractivity contribution in [1.82, 2.24) is 30.0 Å².